The Bertz CT molecular complexity index is 1420. The monoisotopic (exact) mass is 403 g/mol. The molecule has 4 rings (SSSR count). The van der Waals surface area contributed by atoms with Gasteiger partial charge >= 0.3 is 11.7 Å². The van der Waals surface area contributed by atoms with E-state index in [1.807, 2.05) is 0 Å². The highest BCUT2D eigenvalue weighted by atomic mass is 16.6. The van der Waals surface area contributed by atoms with Gasteiger partial charge in [0.15, 0.2) is 0 Å². The van der Waals surface area contributed by atoms with E-state index in [2.05, 4.69) is 0 Å². The fourth-order valence-electron chi connectivity index (χ4n) is 3.22. The number of carboxylic acids is 1. The van der Waals surface area contributed by atoms with Gasteiger partial charge in [-0.25, -0.2) is 14.2 Å². The zero-order valence-electron chi connectivity index (χ0n) is 15.3. The van der Waals surface area contributed by atoms with Gasteiger partial charge in [-0.15, -0.1) is 0 Å². The second kappa shape index (κ2) is 7.13. The highest BCUT2D eigenvalue weighted by molar-refractivity contribution is 5.88. The maximum atomic E-state index is 13.3. The largest absolute Gasteiger partial charge is 0.478 e. The molecule has 1 heterocycles. The summed E-state index contributed by atoms with van der Waals surface area (Å²) in [6, 6.07) is 17.5. The maximum Gasteiger partial charge on any atom is 0.340 e. The molecule has 0 aliphatic rings. The van der Waals surface area contributed by atoms with E-state index < -0.39 is 22.1 Å². The Balaban J connectivity index is 2.12. The fourth-order valence-corrected chi connectivity index (χ4v) is 3.22. The van der Waals surface area contributed by atoms with Gasteiger partial charge in [0.05, 0.1) is 32.8 Å². The third-order valence-electron chi connectivity index (χ3n) is 4.63. The minimum atomic E-state index is -1.15. The van der Waals surface area contributed by atoms with Crippen molar-refractivity contribution in [3.05, 3.63) is 109 Å². The number of aromatic nitrogens is 2. The van der Waals surface area contributed by atoms with Gasteiger partial charge in [0.2, 0.25) is 0 Å². The molecule has 1 aromatic heterocycles. The van der Waals surface area contributed by atoms with E-state index >= 15 is 0 Å². The Hall–Kier alpha value is -4.53. The van der Waals surface area contributed by atoms with Crippen molar-refractivity contribution in [3.63, 3.8) is 0 Å². The summed E-state index contributed by atoms with van der Waals surface area (Å²) in [4.78, 5) is 48.1. The zero-order chi connectivity index (χ0) is 21.4. The number of hydrogen-bond donors (Lipinski definition) is 1. The Morgan fingerprint density at radius 3 is 2.10 bits per heavy atom. The fraction of sp³-hybridized carbons (Fsp3) is 0. The van der Waals surface area contributed by atoms with E-state index in [0.717, 1.165) is 10.6 Å². The Kier molecular flexibility index (Phi) is 4.47. The molecule has 148 valence electrons. The molecule has 9 heteroatoms. The molecule has 0 spiro atoms. The molecule has 0 bridgehead atoms. The van der Waals surface area contributed by atoms with Gasteiger partial charge in [-0.1, -0.05) is 18.2 Å². The molecule has 3 aromatic carbocycles. The first-order valence-electron chi connectivity index (χ1n) is 8.74. The third kappa shape index (κ3) is 3.04. The van der Waals surface area contributed by atoms with Crippen molar-refractivity contribution in [3.8, 4) is 11.4 Å². The number of para-hydroxylation sites is 1. The number of hydrogen-bond acceptors (Lipinski definition) is 5. The lowest BCUT2D eigenvalue weighted by molar-refractivity contribution is -0.384. The van der Waals surface area contributed by atoms with E-state index in [-0.39, 0.29) is 27.8 Å². The molecule has 0 saturated carbocycles. The Morgan fingerprint density at radius 2 is 1.50 bits per heavy atom. The first-order chi connectivity index (χ1) is 14.4. The molecule has 0 aliphatic heterocycles. The summed E-state index contributed by atoms with van der Waals surface area (Å²) in [5.41, 5.74) is -0.882. The van der Waals surface area contributed by atoms with Crippen LogP contribution >= 0.6 is 0 Å². The van der Waals surface area contributed by atoms with Crippen LogP contribution in [0.1, 0.15) is 10.4 Å². The van der Waals surface area contributed by atoms with E-state index in [9.17, 15) is 24.5 Å². The van der Waals surface area contributed by atoms with Crippen molar-refractivity contribution in [1.29, 1.82) is 0 Å². The molecule has 30 heavy (non-hydrogen) atoms. The van der Waals surface area contributed by atoms with Gasteiger partial charge in [-0.05, 0) is 42.5 Å². The van der Waals surface area contributed by atoms with Crippen LogP contribution in [0.15, 0.2) is 82.4 Å². The molecule has 0 radical (unpaired) electrons. The van der Waals surface area contributed by atoms with Crippen molar-refractivity contribution in [2.75, 3.05) is 0 Å². The molecule has 0 atom stereocenters. The summed E-state index contributed by atoms with van der Waals surface area (Å²) in [5, 5.41) is 20.3. The lowest BCUT2D eigenvalue weighted by Crippen LogP contribution is -2.38. The van der Waals surface area contributed by atoms with Crippen molar-refractivity contribution < 1.29 is 14.8 Å². The van der Waals surface area contributed by atoms with Crippen LogP contribution in [0.4, 0.5) is 5.69 Å². The van der Waals surface area contributed by atoms with Crippen LogP contribution in [0.25, 0.3) is 22.3 Å². The van der Waals surface area contributed by atoms with Crippen LogP contribution in [0, 0.1) is 10.1 Å². The predicted octanol–water partition coefficient (Wildman–Crippen LogP) is 2.75. The molecule has 1 N–H and O–H groups in total. The summed E-state index contributed by atoms with van der Waals surface area (Å²) in [6.07, 6.45) is 0. The van der Waals surface area contributed by atoms with Gasteiger partial charge in [-0.3, -0.25) is 19.5 Å². The van der Waals surface area contributed by atoms with Gasteiger partial charge in [0.1, 0.15) is 0 Å². The number of carbonyl (C=O) groups is 1. The van der Waals surface area contributed by atoms with Crippen molar-refractivity contribution >= 4 is 22.6 Å². The minimum Gasteiger partial charge on any atom is -0.478 e. The molecule has 0 fully saturated rings. The quantitative estimate of drug-likeness (QED) is 0.413. The Labute approximate surface area is 167 Å². The number of carboxylic acid groups (broad SMARTS) is 1. The summed E-state index contributed by atoms with van der Waals surface area (Å²) < 4.78 is 2.15. The van der Waals surface area contributed by atoms with Crippen LogP contribution in [-0.2, 0) is 0 Å². The summed E-state index contributed by atoms with van der Waals surface area (Å²) >= 11 is 0. The number of rotatable bonds is 4. The highest BCUT2D eigenvalue weighted by Gasteiger charge is 2.18. The van der Waals surface area contributed by atoms with Gasteiger partial charge < -0.3 is 5.11 Å². The van der Waals surface area contributed by atoms with E-state index in [1.54, 1.807) is 30.3 Å². The predicted molar refractivity (Wildman–Crippen MR) is 109 cm³/mol. The average molecular weight is 403 g/mol. The number of fused-ring (bicyclic) bond motifs is 1. The number of non-ortho nitro benzene ring substituents is 1. The van der Waals surface area contributed by atoms with Crippen LogP contribution in [0.5, 0.6) is 0 Å². The SMILES string of the molecule is O=C(O)c1ccc(-n2c(=O)c3cc([N+](=O)[O-])ccc3n(-c3ccccc3)c2=O)cc1. The number of aromatic carboxylic acids is 1. The lowest BCUT2D eigenvalue weighted by Gasteiger charge is -2.14. The summed E-state index contributed by atoms with van der Waals surface area (Å²) in [7, 11) is 0. The topological polar surface area (TPSA) is 124 Å². The number of nitrogens with zero attached hydrogens (tertiary/aromatic N) is 3. The first-order valence-corrected chi connectivity index (χ1v) is 8.74. The zero-order valence-corrected chi connectivity index (χ0v) is 15.3. The third-order valence-corrected chi connectivity index (χ3v) is 4.63. The maximum absolute atomic E-state index is 13.3. The number of nitro benzene ring substituents is 1. The van der Waals surface area contributed by atoms with Crippen molar-refractivity contribution in [2.24, 2.45) is 0 Å². The Morgan fingerprint density at radius 1 is 0.867 bits per heavy atom. The smallest absolute Gasteiger partial charge is 0.340 e. The molecular formula is C21H13N3O6. The van der Waals surface area contributed by atoms with Crippen LogP contribution in [0.2, 0.25) is 0 Å². The minimum absolute atomic E-state index is 0.00777. The number of nitro groups is 1. The van der Waals surface area contributed by atoms with E-state index in [4.69, 9.17) is 5.11 Å². The summed E-state index contributed by atoms with van der Waals surface area (Å²) in [6.45, 7) is 0. The standard InChI is InChI=1S/C21H13N3O6/c25-19-17-12-16(24(29)30)10-11-18(17)22(14-4-2-1-3-5-14)21(28)23(19)15-8-6-13(7-9-15)20(26)27/h1-12H,(H,26,27). The van der Waals surface area contributed by atoms with Crippen LogP contribution in [-0.4, -0.2) is 25.1 Å². The molecule has 0 unspecified atom stereocenters. The van der Waals surface area contributed by atoms with Gasteiger partial charge in [-0.2, -0.15) is 0 Å². The molecule has 0 aliphatic carbocycles. The second-order valence-electron chi connectivity index (χ2n) is 6.40. The van der Waals surface area contributed by atoms with Crippen LogP contribution < -0.4 is 11.2 Å². The van der Waals surface area contributed by atoms with E-state index in [1.165, 1.54) is 41.0 Å². The highest BCUT2D eigenvalue weighted by Crippen LogP contribution is 2.20. The molecule has 0 amide bonds. The van der Waals surface area contributed by atoms with Crippen molar-refractivity contribution in [2.45, 2.75) is 0 Å². The normalized spacial score (nSPS) is 10.8. The number of benzene rings is 3. The lowest BCUT2D eigenvalue weighted by atomic mass is 10.2. The van der Waals surface area contributed by atoms with Gasteiger partial charge in [0.25, 0.3) is 11.2 Å². The van der Waals surface area contributed by atoms with Crippen LogP contribution in [0.3, 0.4) is 0 Å². The molecule has 0 saturated heterocycles. The molecule has 9 nitrogen and oxygen atoms in total. The van der Waals surface area contributed by atoms with E-state index in [0.29, 0.717) is 5.69 Å². The average Bonchev–Trinajstić information content (AvgIpc) is 2.74. The molecule has 4 aromatic rings. The molecular weight excluding hydrogens is 390 g/mol. The van der Waals surface area contributed by atoms with Crippen molar-refractivity contribution in [1.82, 2.24) is 9.13 Å². The second-order valence-corrected chi connectivity index (χ2v) is 6.40. The van der Waals surface area contributed by atoms with Gasteiger partial charge in [0, 0.05) is 12.1 Å². The summed E-state index contributed by atoms with van der Waals surface area (Å²) in [5.74, 6) is -1.15. The first kappa shape index (κ1) is 18.8.